The van der Waals surface area contributed by atoms with Gasteiger partial charge in [-0.25, -0.2) is 5.43 Å². The molecule has 3 aromatic rings. The summed E-state index contributed by atoms with van der Waals surface area (Å²) in [6.45, 7) is 4.07. The fourth-order valence-corrected chi connectivity index (χ4v) is 3.22. The summed E-state index contributed by atoms with van der Waals surface area (Å²) in [6, 6.07) is 17.2. The zero-order chi connectivity index (χ0) is 19.4. The highest BCUT2D eigenvalue weighted by atomic mass is 79.9. The van der Waals surface area contributed by atoms with Crippen molar-refractivity contribution >= 4 is 28.1 Å². The molecule has 0 unspecified atom stereocenters. The molecule has 1 heterocycles. The quantitative estimate of drug-likeness (QED) is 0.478. The molecule has 6 heteroatoms. The minimum absolute atomic E-state index is 0.314. The van der Waals surface area contributed by atoms with E-state index in [-0.39, 0.29) is 5.91 Å². The number of methoxy groups -OCH3 is 1. The molecular weight excluding hydrogens is 406 g/mol. The van der Waals surface area contributed by atoms with Crippen LogP contribution in [0.2, 0.25) is 0 Å². The number of aryl methyl sites for hydroxylation is 1. The minimum atomic E-state index is -0.314. The SMILES string of the molecule is COc1ccccc1C(=O)N/N=C\c1cc(C)n(-c2ccc(Br)cc2)c1C. The van der Waals surface area contributed by atoms with Crippen molar-refractivity contribution in [2.24, 2.45) is 5.10 Å². The minimum Gasteiger partial charge on any atom is -0.496 e. The first-order valence-corrected chi connectivity index (χ1v) is 9.22. The number of halogens is 1. The lowest BCUT2D eigenvalue weighted by atomic mass is 10.2. The van der Waals surface area contributed by atoms with E-state index in [1.54, 1.807) is 24.4 Å². The second-order valence-corrected chi connectivity index (χ2v) is 6.95. The van der Waals surface area contributed by atoms with E-state index < -0.39 is 0 Å². The van der Waals surface area contributed by atoms with E-state index in [4.69, 9.17) is 4.74 Å². The van der Waals surface area contributed by atoms with E-state index in [1.807, 2.05) is 38.1 Å². The Balaban J connectivity index is 1.79. The normalized spacial score (nSPS) is 11.0. The second kappa shape index (κ2) is 8.22. The Labute approximate surface area is 166 Å². The Kier molecular flexibility index (Phi) is 5.76. The van der Waals surface area contributed by atoms with Crippen molar-refractivity contribution < 1.29 is 9.53 Å². The molecule has 0 atom stereocenters. The van der Waals surface area contributed by atoms with Gasteiger partial charge in [-0.1, -0.05) is 28.1 Å². The lowest BCUT2D eigenvalue weighted by Crippen LogP contribution is -2.18. The third-order valence-electron chi connectivity index (χ3n) is 4.28. The molecule has 0 saturated heterocycles. The molecule has 0 saturated carbocycles. The number of hydrogen-bond donors (Lipinski definition) is 1. The second-order valence-electron chi connectivity index (χ2n) is 6.04. The van der Waals surface area contributed by atoms with Crippen LogP contribution in [0.5, 0.6) is 5.75 Å². The number of hydrogen-bond acceptors (Lipinski definition) is 3. The van der Waals surface area contributed by atoms with Crippen LogP contribution in [-0.2, 0) is 0 Å². The Hall–Kier alpha value is -2.86. The first-order chi connectivity index (χ1) is 13.0. The van der Waals surface area contributed by atoms with Crippen LogP contribution in [0.25, 0.3) is 5.69 Å². The lowest BCUT2D eigenvalue weighted by Gasteiger charge is -2.09. The molecule has 0 bridgehead atoms. The van der Waals surface area contributed by atoms with Gasteiger partial charge in [-0.05, 0) is 56.3 Å². The molecule has 0 spiro atoms. The molecule has 1 N–H and O–H groups in total. The van der Waals surface area contributed by atoms with E-state index in [1.165, 1.54) is 7.11 Å². The molecule has 3 rings (SSSR count). The zero-order valence-electron chi connectivity index (χ0n) is 15.4. The predicted molar refractivity (Wildman–Crippen MR) is 111 cm³/mol. The highest BCUT2D eigenvalue weighted by Gasteiger charge is 2.11. The van der Waals surface area contributed by atoms with Crippen LogP contribution in [0.1, 0.15) is 27.3 Å². The van der Waals surface area contributed by atoms with Crippen molar-refractivity contribution in [1.29, 1.82) is 0 Å². The molecule has 0 aliphatic rings. The van der Waals surface area contributed by atoms with Crippen LogP contribution >= 0.6 is 15.9 Å². The van der Waals surface area contributed by atoms with Crippen LogP contribution in [0, 0.1) is 13.8 Å². The van der Waals surface area contributed by atoms with Crippen molar-refractivity contribution in [2.45, 2.75) is 13.8 Å². The molecule has 2 aromatic carbocycles. The topological polar surface area (TPSA) is 55.6 Å². The molecule has 5 nitrogen and oxygen atoms in total. The van der Waals surface area contributed by atoms with Gasteiger partial charge in [0.1, 0.15) is 5.75 Å². The van der Waals surface area contributed by atoms with Gasteiger partial charge in [0.2, 0.25) is 0 Å². The number of rotatable bonds is 5. The zero-order valence-corrected chi connectivity index (χ0v) is 16.9. The molecule has 0 fully saturated rings. The molecule has 27 heavy (non-hydrogen) atoms. The molecule has 1 amide bonds. The number of ether oxygens (including phenoxy) is 1. The van der Waals surface area contributed by atoms with Crippen LogP contribution in [0.3, 0.4) is 0 Å². The van der Waals surface area contributed by atoms with Crippen molar-refractivity contribution in [3.63, 3.8) is 0 Å². The Morgan fingerprint density at radius 2 is 1.85 bits per heavy atom. The average Bonchev–Trinajstić information content (AvgIpc) is 2.96. The monoisotopic (exact) mass is 425 g/mol. The summed E-state index contributed by atoms with van der Waals surface area (Å²) in [5.41, 5.74) is 7.15. The number of amides is 1. The van der Waals surface area contributed by atoms with E-state index in [0.29, 0.717) is 11.3 Å². The predicted octanol–water partition coefficient (Wildman–Crippen LogP) is 4.63. The van der Waals surface area contributed by atoms with Crippen molar-refractivity contribution in [3.05, 3.63) is 81.6 Å². The maximum absolute atomic E-state index is 12.3. The van der Waals surface area contributed by atoms with E-state index >= 15 is 0 Å². The van der Waals surface area contributed by atoms with Crippen LogP contribution in [0.4, 0.5) is 0 Å². The third-order valence-corrected chi connectivity index (χ3v) is 4.81. The summed E-state index contributed by atoms with van der Waals surface area (Å²) in [5.74, 6) is 0.198. The van der Waals surface area contributed by atoms with Gasteiger partial charge in [0, 0.05) is 27.1 Å². The molecule has 1 aromatic heterocycles. The molecule has 0 radical (unpaired) electrons. The third kappa shape index (κ3) is 4.11. The maximum atomic E-state index is 12.3. The Morgan fingerprint density at radius 1 is 1.15 bits per heavy atom. The van der Waals surface area contributed by atoms with Gasteiger partial charge >= 0.3 is 0 Å². The largest absolute Gasteiger partial charge is 0.496 e. The summed E-state index contributed by atoms with van der Waals surface area (Å²) in [4.78, 5) is 12.3. The number of nitrogens with one attached hydrogen (secondary N) is 1. The van der Waals surface area contributed by atoms with Gasteiger partial charge in [0.15, 0.2) is 0 Å². The molecule has 0 aliphatic heterocycles. The molecule has 138 valence electrons. The summed E-state index contributed by atoms with van der Waals surface area (Å²) in [6.07, 6.45) is 1.66. The van der Waals surface area contributed by atoms with Crippen molar-refractivity contribution in [2.75, 3.05) is 7.11 Å². The summed E-state index contributed by atoms with van der Waals surface area (Å²) >= 11 is 3.46. The number of nitrogens with zero attached hydrogens (tertiary/aromatic N) is 2. The smallest absolute Gasteiger partial charge is 0.275 e. The first kappa shape index (κ1) is 18.9. The molecule has 0 aliphatic carbocycles. The lowest BCUT2D eigenvalue weighted by molar-refractivity contribution is 0.0952. The van der Waals surface area contributed by atoms with Crippen molar-refractivity contribution in [1.82, 2.24) is 9.99 Å². The summed E-state index contributed by atoms with van der Waals surface area (Å²) in [7, 11) is 1.53. The first-order valence-electron chi connectivity index (χ1n) is 8.42. The average molecular weight is 426 g/mol. The van der Waals surface area contributed by atoms with E-state index in [2.05, 4.69) is 43.2 Å². The van der Waals surface area contributed by atoms with Crippen LogP contribution < -0.4 is 10.2 Å². The number of aromatic nitrogens is 1. The van der Waals surface area contributed by atoms with Gasteiger partial charge in [0.25, 0.3) is 5.91 Å². The van der Waals surface area contributed by atoms with Gasteiger partial charge in [0.05, 0.1) is 18.9 Å². The molecular formula is C21H20BrN3O2. The fourth-order valence-electron chi connectivity index (χ4n) is 2.96. The van der Waals surface area contributed by atoms with Crippen molar-refractivity contribution in [3.8, 4) is 11.4 Å². The van der Waals surface area contributed by atoms with E-state index in [0.717, 1.165) is 27.1 Å². The van der Waals surface area contributed by atoms with Gasteiger partial charge in [-0.15, -0.1) is 0 Å². The fraction of sp³-hybridized carbons (Fsp3) is 0.143. The standard InChI is InChI=1S/C21H20BrN3O2/c1-14-12-16(15(2)25(14)18-10-8-17(22)9-11-18)13-23-24-21(26)19-6-4-5-7-20(19)27-3/h4-13H,1-3H3,(H,24,26)/b23-13-. The van der Waals surface area contributed by atoms with Gasteiger partial charge in [-0.3, -0.25) is 4.79 Å². The van der Waals surface area contributed by atoms with Gasteiger partial charge < -0.3 is 9.30 Å². The van der Waals surface area contributed by atoms with Crippen LogP contribution in [-0.4, -0.2) is 23.8 Å². The summed E-state index contributed by atoms with van der Waals surface area (Å²) < 4.78 is 8.39. The highest BCUT2D eigenvalue weighted by Crippen LogP contribution is 2.21. The Bertz CT molecular complexity index is 991. The number of carbonyl (C=O) groups is 1. The number of para-hydroxylation sites is 1. The van der Waals surface area contributed by atoms with E-state index in [9.17, 15) is 4.79 Å². The van der Waals surface area contributed by atoms with Crippen LogP contribution in [0.15, 0.2) is 64.2 Å². The van der Waals surface area contributed by atoms with Gasteiger partial charge in [-0.2, -0.15) is 5.10 Å². The number of hydrazone groups is 1. The summed E-state index contributed by atoms with van der Waals surface area (Å²) in [5, 5.41) is 4.12. The number of carbonyl (C=O) groups excluding carboxylic acids is 1. The number of benzene rings is 2. The highest BCUT2D eigenvalue weighted by molar-refractivity contribution is 9.10. The maximum Gasteiger partial charge on any atom is 0.275 e. The Morgan fingerprint density at radius 3 is 2.56 bits per heavy atom.